The lowest BCUT2D eigenvalue weighted by Crippen LogP contribution is -2.39. The van der Waals surface area contributed by atoms with E-state index < -0.39 is 0 Å². The smallest absolute Gasteiger partial charge is 0.193 e. The van der Waals surface area contributed by atoms with Gasteiger partial charge in [0.25, 0.3) is 0 Å². The van der Waals surface area contributed by atoms with Crippen molar-refractivity contribution in [3.63, 3.8) is 0 Å². The maximum Gasteiger partial charge on any atom is 0.193 e. The van der Waals surface area contributed by atoms with Gasteiger partial charge < -0.3 is 15.0 Å². The van der Waals surface area contributed by atoms with Crippen LogP contribution in [0.5, 0.6) is 0 Å². The minimum Gasteiger partial charge on any atom is -0.384 e. The van der Waals surface area contributed by atoms with E-state index in [4.69, 9.17) is 16.3 Å². The third-order valence-corrected chi connectivity index (χ3v) is 3.66. The zero-order valence-corrected chi connectivity index (χ0v) is 15.5. The molecule has 1 unspecified atom stereocenters. The topological polar surface area (TPSA) is 49.8 Å². The number of halogens is 2. The Kier molecular flexibility index (Phi) is 8.28. The van der Waals surface area contributed by atoms with Gasteiger partial charge in [-0.05, 0) is 18.1 Å². The van der Waals surface area contributed by atoms with Crippen LogP contribution in [0.2, 0.25) is 5.15 Å². The number of pyridine rings is 1. The summed E-state index contributed by atoms with van der Waals surface area (Å²) in [5.41, 5.74) is 1.09. The van der Waals surface area contributed by atoms with Crippen LogP contribution >= 0.6 is 35.6 Å². The first-order chi connectivity index (χ1) is 9.72. The number of nitrogens with one attached hydrogen (secondary N) is 1. The van der Waals surface area contributed by atoms with Crippen molar-refractivity contribution >= 4 is 41.5 Å². The largest absolute Gasteiger partial charge is 0.384 e. The first-order valence-electron chi connectivity index (χ1n) is 6.78. The van der Waals surface area contributed by atoms with Crippen LogP contribution in [0, 0.1) is 5.92 Å². The molecule has 0 spiro atoms. The molecule has 118 valence electrons. The van der Waals surface area contributed by atoms with Gasteiger partial charge in [0.2, 0.25) is 0 Å². The molecule has 5 nitrogen and oxygen atoms in total. The molecule has 1 N–H and O–H groups in total. The Morgan fingerprint density at radius 3 is 3.00 bits per heavy atom. The summed E-state index contributed by atoms with van der Waals surface area (Å²) in [7, 11) is 3.56. The van der Waals surface area contributed by atoms with Crippen molar-refractivity contribution in [1.82, 2.24) is 15.2 Å². The molecule has 0 radical (unpaired) electrons. The Bertz CT molecular complexity index is 455. The number of rotatable bonds is 4. The van der Waals surface area contributed by atoms with Crippen LogP contribution in [0.3, 0.4) is 0 Å². The molecular weight excluding hydrogens is 403 g/mol. The lowest BCUT2D eigenvalue weighted by molar-refractivity contribution is 0.157. The predicted molar refractivity (Wildman–Crippen MR) is 96.4 cm³/mol. The van der Waals surface area contributed by atoms with Crippen LogP contribution in [0.4, 0.5) is 0 Å². The fourth-order valence-electron chi connectivity index (χ4n) is 2.42. The second-order valence-electron chi connectivity index (χ2n) is 4.95. The first kappa shape index (κ1) is 18.4. The monoisotopic (exact) mass is 424 g/mol. The number of likely N-dealkylation sites (tertiary alicyclic amines) is 1. The minimum absolute atomic E-state index is 0. The van der Waals surface area contributed by atoms with Gasteiger partial charge in [-0.3, -0.25) is 4.99 Å². The van der Waals surface area contributed by atoms with Gasteiger partial charge in [0, 0.05) is 45.9 Å². The molecule has 2 heterocycles. The highest BCUT2D eigenvalue weighted by molar-refractivity contribution is 14.0. The molecular formula is C14H22ClIN4O. The van der Waals surface area contributed by atoms with Crippen molar-refractivity contribution in [2.45, 2.75) is 13.0 Å². The molecule has 1 saturated heterocycles. The summed E-state index contributed by atoms with van der Waals surface area (Å²) < 4.78 is 5.22. The third-order valence-electron chi connectivity index (χ3n) is 3.44. The molecule has 7 heteroatoms. The molecule has 2 rings (SSSR count). The van der Waals surface area contributed by atoms with Crippen molar-refractivity contribution in [3.05, 3.63) is 29.0 Å². The summed E-state index contributed by atoms with van der Waals surface area (Å²) in [4.78, 5) is 10.7. The summed E-state index contributed by atoms with van der Waals surface area (Å²) in [6.45, 7) is 3.52. The van der Waals surface area contributed by atoms with E-state index in [1.807, 2.05) is 13.1 Å². The van der Waals surface area contributed by atoms with Gasteiger partial charge >= 0.3 is 0 Å². The van der Waals surface area contributed by atoms with Crippen LogP contribution in [0.25, 0.3) is 0 Å². The number of aromatic nitrogens is 1. The fourth-order valence-corrected chi connectivity index (χ4v) is 2.53. The quantitative estimate of drug-likeness (QED) is 0.349. The van der Waals surface area contributed by atoms with Gasteiger partial charge in [0.15, 0.2) is 5.96 Å². The van der Waals surface area contributed by atoms with Crippen LogP contribution in [-0.2, 0) is 11.3 Å². The molecule has 1 atom stereocenters. The highest BCUT2D eigenvalue weighted by atomic mass is 127. The SMILES string of the molecule is CN=C(NCc1ccc(Cl)nc1)N1CCC(COC)C1.I. The number of nitrogens with zero attached hydrogens (tertiary/aromatic N) is 3. The lowest BCUT2D eigenvalue weighted by atomic mass is 10.1. The van der Waals surface area contributed by atoms with Crippen molar-refractivity contribution in [2.75, 3.05) is 33.9 Å². The molecule has 1 aliphatic heterocycles. The fraction of sp³-hybridized carbons (Fsp3) is 0.571. The molecule has 1 aromatic heterocycles. The van der Waals surface area contributed by atoms with Crippen molar-refractivity contribution in [3.8, 4) is 0 Å². The molecule has 1 aromatic rings. The minimum atomic E-state index is 0. The maximum atomic E-state index is 5.78. The molecule has 0 amide bonds. The van der Waals surface area contributed by atoms with Gasteiger partial charge in [0.1, 0.15) is 5.15 Å². The van der Waals surface area contributed by atoms with E-state index >= 15 is 0 Å². The molecule has 21 heavy (non-hydrogen) atoms. The van der Waals surface area contributed by atoms with E-state index in [1.165, 1.54) is 0 Å². The number of guanidine groups is 1. The summed E-state index contributed by atoms with van der Waals surface area (Å²) >= 11 is 5.78. The Hall–Kier alpha value is -0.600. The Balaban J connectivity index is 0.00000220. The summed E-state index contributed by atoms with van der Waals surface area (Å²) in [6, 6.07) is 3.76. The number of hydrogen-bond donors (Lipinski definition) is 1. The van der Waals surface area contributed by atoms with Crippen LogP contribution in [0.1, 0.15) is 12.0 Å². The maximum absolute atomic E-state index is 5.78. The Morgan fingerprint density at radius 2 is 2.38 bits per heavy atom. The van der Waals surface area contributed by atoms with Crippen molar-refractivity contribution in [2.24, 2.45) is 10.9 Å². The molecule has 0 aromatic carbocycles. The van der Waals surface area contributed by atoms with Crippen LogP contribution in [0.15, 0.2) is 23.3 Å². The highest BCUT2D eigenvalue weighted by Gasteiger charge is 2.24. The Labute approximate surface area is 148 Å². The van der Waals surface area contributed by atoms with E-state index in [1.54, 1.807) is 19.4 Å². The van der Waals surface area contributed by atoms with E-state index in [-0.39, 0.29) is 24.0 Å². The van der Waals surface area contributed by atoms with Crippen molar-refractivity contribution < 1.29 is 4.74 Å². The van der Waals surface area contributed by atoms with E-state index in [0.717, 1.165) is 37.6 Å². The average Bonchev–Trinajstić information content (AvgIpc) is 2.91. The highest BCUT2D eigenvalue weighted by Crippen LogP contribution is 2.16. The van der Waals surface area contributed by atoms with Gasteiger partial charge in [-0.2, -0.15) is 0 Å². The zero-order valence-electron chi connectivity index (χ0n) is 12.4. The second kappa shape index (κ2) is 9.42. The molecule has 1 fully saturated rings. The number of methoxy groups -OCH3 is 1. The van der Waals surface area contributed by atoms with E-state index in [9.17, 15) is 0 Å². The molecule has 0 saturated carbocycles. The van der Waals surface area contributed by atoms with E-state index in [0.29, 0.717) is 17.6 Å². The summed E-state index contributed by atoms with van der Waals surface area (Å²) in [6.07, 6.45) is 2.93. The normalized spacial score (nSPS) is 18.5. The lowest BCUT2D eigenvalue weighted by Gasteiger charge is -2.21. The van der Waals surface area contributed by atoms with Gasteiger partial charge in [0.05, 0.1) is 6.61 Å². The summed E-state index contributed by atoms with van der Waals surface area (Å²) in [5, 5.41) is 3.88. The standard InChI is InChI=1S/C14H21ClN4O.HI/c1-16-14(19-6-5-12(9-19)10-20-2)18-8-11-3-4-13(15)17-7-11;/h3-4,7,12H,5-6,8-10H2,1-2H3,(H,16,18);1H. The second-order valence-corrected chi connectivity index (χ2v) is 5.33. The average molecular weight is 425 g/mol. The van der Waals surface area contributed by atoms with Gasteiger partial charge in [-0.1, -0.05) is 17.7 Å². The molecule has 0 aliphatic carbocycles. The first-order valence-corrected chi connectivity index (χ1v) is 7.15. The third kappa shape index (κ3) is 5.60. The van der Waals surface area contributed by atoms with Crippen molar-refractivity contribution in [1.29, 1.82) is 0 Å². The number of aliphatic imine (C=N–C) groups is 1. The number of ether oxygens (including phenoxy) is 1. The molecule has 0 bridgehead atoms. The predicted octanol–water partition coefficient (Wildman–Crippen LogP) is 2.40. The molecule has 1 aliphatic rings. The van der Waals surface area contributed by atoms with Gasteiger partial charge in [-0.25, -0.2) is 4.98 Å². The van der Waals surface area contributed by atoms with Gasteiger partial charge in [-0.15, -0.1) is 24.0 Å². The van der Waals surface area contributed by atoms with Crippen LogP contribution < -0.4 is 5.32 Å². The van der Waals surface area contributed by atoms with E-state index in [2.05, 4.69) is 20.2 Å². The summed E-state index contributed by atoms with van der Waals surface area (Å²) in [5.74, 6) is 1.52. The number of hydrogen-bond acceptors (Lipinski definition) is 3. The zero-order chi connectivity index (χ0) is 14.4. The Morgan fingerprint density at radius 1 is 1.57 bits per heavy atom. The van der Waals surface area contributed by atoms with Crippen LogP contribution in [-0.4, -0.2) is 49.7 Å².